The molecule has 0 aliphatic carbocycles. The van der Waals surface area contributed by atoms with Crippen molar-refractivity contribution in [2.24, 2.45) is 5.73 Å². The number of anilines is 1. The van der Waals surface area contributed by atoms with Gasteiger partial charge in [-0.1, -0.05) is 55.5 Å². The average Bonchev–Trinajstić information content (AvgIpc) is 2.78. The van der Waals surface area contributed by atoms with E-state index < -0.39 is 0 Å². The minimum absolute atomic E-state index is 0.0505. The number of nitriles is 1. The van der Waals surface area contributed by atoms with E-state index in [-0.39, 0.29) is 17.5 Å². The molecule has 3 aromatic rings. The van der Waals surface area contributed by atoms with Crippen LogP contribution in [0.15, 0.2) is 59.4 Å². The zero-order valence-electron chi connectivity index (χ0n) is 17.0. The van der Waals surface area contributed by atoms with Gasteiger partial charge in [0.1, 0.15) is 11.6 Å². The lowest BCUT2D eigenvalue weighted by Crippen LogP contribution is -2.44. The second-order valence-corrected chi connectivity index (χ2v) is 7.79. The second-order valence-electron chi connectivity index (χ2n) is 7.79. The Labute approximate surface area is 176 Å². The van der Waals surface area contributed by atoms with Crippen molar-refractivity contribution in [2.45, 2.75) is 31.7 Å². The molecule has 1 aliphatic rings. The maximum absolute atomic E-state index is 13.3. The van der Waals surface area contributed by atoms with E-state index in [0.29, 0.717) is 29.3 Å². The summed E-state index contributed by atoms with van der Waals surface area (Å²) in [4.78, 5) is 23.3. The molecule has 0 spiro atoms. The Morgan fingerprint density at radius 1 is 1.20 bits per heavy atom. The summed E-state index contributed by atoms with van der Waals surface area (Å²) in [5.41, 5.74) is 8.87. The van der Waals surface area contributed by atoms with Gasteiger partial charge in [-0.15, -0.1) is 0 Å². The molecule has 2 heterocycles. The van der Waals surface area contributed by atoms with Gasteiger partial charge < -0.3 is 15.6 Å². The number of nitrogens with one attached hydrogen (secondary N) is 1. The number of H-pyrrole nitrogens is 1. The molecule has 1 saturated heterocycles. The third kappa shape index (κ3) is 3.85. The van der Waals surface area contributed by atoms with Crippen LogP contribution in [0.2, 0.25) is 0 Å². The van der Waals surface area contributed by atoms with Gasteiger partial charge in [-0.2, -0.15) is 5.26 Å². The third-order valence-electron chi connectivity index (χ3n) is 5.72. The lowest BCUT2D eigenvalue weighted by molar-refractivity contribution is 0.501. The smallest absolute Gasteiger partial charge is 0.257 e. The molecule has 1 fully saturated rings. The first-order chi connectivity index (χ1) is 14.6. The predicted octanol–water partition coefficient (Wildman–Crippen LogP) is 3.39. The van der Waals surface area contributed by atoms with E-state index in [1.165, 1.54) is 0 Å². The van der Waals surface area contributed by atoms with E-state index in [0.717, 1.165) is 30.5 Å². The summed E-state index contributed by atoms with van der Waals surface area (Å²) in [5.74, 6) is 0.919. The van der Waals surface area contributed by atoms with E-state index in [4.69, 9.17) is 10.7 Å². The van der Waals surface area contributed by atoms with Crippen LogP contribution in [0.1, 0.15) is 42.4 Å². The highest BCUT2D eigenvalue weighted by atomic mass is 16.1. The molecule has 0 amide bonds. The van der Waals surface area contributed by atoms with Crippen molar-refractivity contribution in [3.05, 3.63) is 81.6 Å². The topological polar surface area (TPSA) is 98.8 Å². The van der Waals surface area contributed by atoms with Crippen molar-refractivity contribution in [2.75, 3.05) is 18.0 Å². The van der Waals surface area contributed by atoms with Crippen LogP contribution in [-0.2, 0) is 0 Å². The van der Waals surface area contributed by atoms with E-state index in [1.807, 2.05) is 55.5 Å². The fraction of sp³-hybridized carbons (Fsp3) is 0.292. The molecule has 152 valence electrons. The standard InChI is InChI=1S/C24H25N5O/c1-16(20-12-6-5-10-18(20)14-25)21-23(29-13-7-11-19(26)15-29)27-22(28-24(21)30)17-8-3-2-4-9-17/h2-6,8-10,12,16,19H,7,11,13,15,26H2,1H3,(H,27,28,30). The summed E-state index contributed by atoms with van der Waals surface area (Å²) in [6.07, 6.45) is 1.92. The van der Waals surface area contributed by atoms with Gasteiger partial charge in [0.2, 0.25) is 0 Å². The Bertz CT molecular complexity index is 1130. The van der Waals surface area contributed by atoms with Crippen molar-refractivity contribution in [3.8, 4) is 17.5 Å². The molecular formula is C24H25N5O. The first-order valence-electron chi connectivity index (χ1n) is 10.3. The summed E-state index contributed by atoms with van der Waals surface area (Å²) in [5, 5.41) is 9.55. The van der Waals surface area contributed by atoms with E-state index in [1.54, 1.807) is 6.07 Å². The Hall–Kier alpha value is -3.43. The zero-order chi connectivity index (χ0) is 21.1. The lowest BCUT2D eigenvalue weighted by atomic mass is 9.90. The summed E-state index contributed by atoms with van der Waals surface area (Å²) in [7, 11) is 0. The Morgan fingerprint density at radius 2 is 1.93 bits per heavy atom. The highest BCUT2D eigenvalue weighted by molar-refractivity contribution is 5.61. The molecule has 4 rings (SSSR count). The predicted molar refractivity (Wildman–Crippen MR) is 118 cm³/mol. The molecule has 2 atom stereocenters. The maximum atomic E-state index is 13.3. The van der Waals surface area contributed by atoms with Gasteiger partial charge in [0.25, 0.3) is 5.56 Å². The quantitative estimate of drug-likeness (QED) is 0.701. The Balaban J connectivity index is 1.89. The molecule has 1 aromatic heterocycles. The average molecular weight is 399 g/mol. The number of nitrogens with two attached hydrogens (primary N) is 1. The molecule has 6 heteroatoms. The highest BCUT2D eigenvalue weighted by Crippen LogP contribution is 2.32. The van der Waals surface area contributed by atoms with Crippen LogP contribution in [-0.4, -0.2) is 29.1 Å². The number of rotatable bonds is 4. The van der Waals surface area contributed by atoms with Gasteiger partial charge >= 0.3 is 0 Å². The van der Waals surface area contributed by atoms with Gasteiger partial charge in [0.05, 0.1) is 17.2 Å². The van der Waals surface area contributed by atoms with Crippen LogP contribution in [0.25, 0.3) is 11.4 Å². The van der Waals surface area contributed by atoms with Crippen LogP contribution in [0.4, 0.5) is 5.82 Å². The van der Waals surface area contributed by atoms with Crippen LogP contribution >= 0.6 is 0 Å². The van der Waals surface area contributed by atoms with E-state index in [9.17, 15) is 10.1 Å². The van der Waals surface area contributed by atoms with Crippen molar-refractivity contribution in [1.29, 1.82) is 5.26 Å². The first-order valence-corrected chi connectivity index (χ1v) is 10.3. The molecule has 2 unspecified atom stereocenters. The van der Waals surface area contributed by atoms with Gasteiger partial charge in [-0.25, -0.2) is 4.98 Å². The highest BCUT2D eigenvalue weighted by Gasteiger charge is 2.27. The van der Waals surface area contributed by atoms with E-state index >= 15 is 0 Å². The largest absolute Gasteiger partial charge is 0.355 e. The van der Waals surface area contributed by atoms with Crippen LogP contribution in [0.3, 0.4) is 0 Å². The fourth-order valence-electron chi connectivity index (χ4n) is 4.17. The molecule has 2 aromatic carbocycles. The fourth-order valence-corrected chi connectivity index (χ4v) is 4.17. The molecular weight excluding hydrogens is 374 g/mol. The van der Waals surface area contributed by atoms with E-state index in [2.05, 4.69) is 16.0 Å². The lowest BCUT2D eigenvalue weighted by Gasteiger charge is -2.33. The number of aromatic nitrogens is 2. The van der Waals surface area contributed by atoms with Crippen LogP contribution in [0.5, 0.6) is 0 Å². The SMILES string of the molecule is CC(c1ccccc1C#N)c1c(N2CCCC(N)C2)nc(-c2ccccc2)[nH]c1=O. The third-order valence-corrected chi connectivity index (χ3v) is 5.72. The van der Waals surface area contributed by atoms with Gasteiger partial charge in [-0.05, 0) is 24.5 Å². The van der Waals surface area contributed by atoms with Gasteiger partial charge in [0.15, 0.2) is 0 Å². The van der Waals surface area contributed by atoms with Crippen molar-refractivity contribution >= 4 is 5.82 Å². The Morgan fingerprint density at radius 3 is 2.67 bits per heavy atom. The Kier molecular flexibility index (Phi) is 5.64. The number of piperidine rings is 1. The summed E-state index contributed by atoms with van der Waals surface area (Å²) < 4.78 is 0. The summed E-state index contributed by atoms with van der Waals surface area (Å²) in [6, 6.07) is 19.3. The molecule has 0 bridgehead atoms. The number of nitrogens with zero attached hydrogens (tertiary/aromatic N) is 3. The molecule has 1 aliphatic heterocycles. The van der Waals surface area contributed by atoms with Crippen molar-refractivity contribution in [1.82, 2.24) is 9.97 Å². The zero-order valence-corrected chi connectivity index (χ0v) is 17.0. The summed E-state index contributed by atoms with van der Waals surface area (Å²) in [6.45, 7) is 3.42. The minimum Gasteiger partial charge on any atom is -0.355 e. The van der Waals surface area contributed by atoms with Crippen molar-refractivity contribution < 1.29 is 0 Å². The first kappa shape index (κ1) is 19.9. The van der Waals surface area contributed by atoms with Crippen LogP contribution in [0, 0.1) is 11.3 Å². The maximum Gasteiger partial charge on any atom is 0.257 e. The monoisotopic (exact) mass is 399 g/mol. The molecule has 3 N–H and O–H groups in total. The minimum atomic E-state index is -0.282. The number of hydrogen-bond acceptors (Lipinski definition) is 5. The normalized spacial score (nSPS) is 17.4. The number of hydrogen-bond donors (Lipinski definition) is 2. The van der Waals surface area contributed by atoms with Crippen LogP contribution < -0.4 is 16.2 Å². The number of benzene rings is 2. The molecule has 0 saturated carbocycles. The van der Waals surface area contributed by atoms with Crippen molar-refractivity contribution in [3.63, 3.8) is 0 Å². The second kappa shape index (κ2) is 8.52. The molecule has 0 radical (unpaired) electrons. The van der Waals surface area contributed by atoms with Gasteiger partial charge in [0, 0.05) is 30.6 Å². The molecule has 6 nitrogen and oxygen atoms in total. The summed E-state index contributed by atoms with van der Waals surface area (Å²) >= 11 is 0. The van der Waals surface area contributed by atoms with Gasteiger partial charge in [-0.3, -0.25) is 4.79 Å². The number of aromatic amines is 1. The molecule has 30 heavy (non-hydrogen) atoms.